The minimum atomic E-state index is -0.465. The Morgan fingerprint density at radius 1 is 1.26 bits per heavy atom. The van der Waals surface area contributed by atoms with Crippen molar-refractivity contribution in [2.45, 2.75) is 25.4 Å². The van der Waals surface area contributed by atoms with Crippen LogP contribution in [0.25, 0.3) is 11.3 Å². The van der Waals surface area contributed by atoms with E-state index in [0.717, 1.165) is 25.2 Å². The molecule has 3 heterocycles. The molecule has 5 rings (SSSR count). The lowest BCUT2D eigenvalue weighted by atomic mass is 10.0. The van der Waals surface area contributed by atoms with Gasteiger partial charge in [-0.05, 0) is 62.3 Å². The molecule has 176 valence electrons. The Morgan fingerprint density at radius 2 is 2.09 bits per heavy atom. The van der Waals surface area contributed by atoms with Crippen molar-refractivity contribution in [2.75, 3.05) is 31.5 Å². The van der Waals surface area contributed by atoms with E-state index in [4.69, 9.17) is 16.3 Å². The van der Waals surface area contributed by atoms with Crippen LogP contribution in [0.2, 0.25) is 5.02 Å². The minimum absolute atomic E-state index is 0.197. The number of halogens is 2. The van der Waals surface area contributed by atoms with Gasteiger partial charge in [-0.2, -0.15) is 0 Å². The second-order valence-corrected chi connectivity index (χ2v) is 9.06. The molecular weight excluding hydrogens is 457 g/mol. The Kier molecular flexibility index (Phi) is 6.39. The highest BCUT2D eigenvalue weighted by atomic mass is 35.5. The zero-order valence-electron chi connectivity index (χ0n) is 18.6. The first-order chi connectivity index (χ1) is 16.5. The van der Waals surface area contributed by atoms with Crippen LogP contribution in [0.5, 0.6) is 0 Å². The number of carbonyl (C=O) groups excluding carboxylic acids is 2. The molecule has 1 unspecified atom stereocenters. The summed E-state index contributed by atoms with van der Waals surface area (Å²) in [6, 6.07) is 9.81. The second-order valence-electron chi connectivity index (χ2n) is 8.66. The molecule has 0 bridgehead atoms. The molecule has 2 aromatic rings. The van der Waals surface area contributed by atoms with Gasteiger partial charge in [0, 0.05) is 36.2 Å². The van der Waals surface area contributed by atoms with Crippen LogP contribution in [0.4, 0.5) is 10.1 Å². The summed E-state index contributed by atoms with van der Waals surface area (Å²) >= 11 is 6.31. The molecule has 0 saturated carbocycles. The number of hydrogen-bond acceptors (Lipinski definition) is 4. The smallest absolute Gasteiger partial charge is 0.256 e. The number of para-hydroxylation sites is 1. The Balaban J connectivity index is 1.26. The van der Waals surface area contributed by atoms with Crippen LogP contribution in [0.15, 0.2) is 48.6 Å². The zero-order valence-corrected chi connectivity index (χ0v) is 19.3. The molecule has 0 spiro atoms. The van der Waals surface area contributed by atoms with E-state index in [-0.39, 0.29) is 23.6 Å². The molecule has 3 aliphatic heterocycles. The van der Waals surface area contributed by atoms with E-state index in [1.165, 1.54) is 18.9 Å². The van der Waals surface area contributed by atoms with Gasteiger partial charge in [-0.3, -0.25) is 9.59 Å². The van der Waals surface area contributed by atoms with Crippen molar-refractivity contribution >= 4 is 40.4 Å². The van der Waals surface area contributed by atoms with Crippen LogP contribution in [0.1, 0.15) is 40.7 Å². The van der Waals surface area contributed by atoms with E-state index < -0.39 is 5.82 Å². The predicted molar refractivity (Wildman–Crippen MR) is 130 cm³/mol. The van der Waals surface area contributed by atoms with Gasteiger partial charge in [-0.15, -0.1) is 0 Å². The second kappa shape index (κ2) is 9.60. The SMILES string of the molecule is O=C1Nc2c(F)cccc2/C1=C\C1CC=C(c2ccc(Cl)c(C(=O)NCCN3CCCC3)c2)O1. The van der Waals surface area contributed by atoms with Gasteiger partial charge < -0.3 is 20.3 Å². The first-order valence-corrected chi connectivity index (χ1v) is 11.9. The van der Waals surface area contributed by atoms with E-state index in [1.807, 2.05) is 6.08 Å². The fourth-order valence-corrected chi connectivity index (χ4v) is 4.79. The van der Waals surface area contributed by atoms with Crippen molar-refractivity contribution in [3.8, 4) is 0 Å². The Bertz CT molecular complexity index is 1200. The molecule has 1 fully saturated rings. The number of fused-ring (bicyclic) bond motifs is 1. The molecule has 6 nitrogen and oxygen atoms in total. The summed E-state index contributed by atoms with van der Waals surface area (Å²) in [5.74, 6) is -0.420. The first kappa shape index (κ1) is 22.6. The summed E-state index contributed by atoms with van der Waals surface area (Å²) in [6.07, 6.45) is 6.23. The average molecular weight is 482 g/mol. The molecule has 1 atom stereocenters. The van der Waals surface area contributed by atoms with Crippen LogP contribution < -0.4 is 10.6 Å². The van der Waals surface area contributed by atoms with Crippen molar-refractivity contribution in [1.29, 1.82) is 0 Å². The number of anilines is 1. The van der Waals surface area contributed by atoms with Gasteiger partial charge in [0.2, 0.25) is 0 Å². The van der Waals surface area contributed by atoms with E-state index in [9.17, 15) is 14.0 Å². The molecule has 0 radical (unpaired) electrons. The summed E-state index contributed by atoms with van der Waals surface area (Å²) < 4.78 is 20.1. The van der Waals surface area contributed by atoms with Crippen molar-refractivity contribution in [3.63, 3.8) is 0 Å². The maximum absolute atomic E-state index is 14.0. The maximum atomic E-state index is 14.0. The average Bonchev–Trinajstić information content (AvgIpc) is 3.57. The van der Waals surface area contributed by atoms with Crippen molar-refractivity contribution < 1.29 is 18.7 Å². The lowest BCUT2D eigenvalue weighted by Crippen LogP contribution is -2.33. The normalized spacial score (nSPS) is 20.8. The Morgan fingerprint density at radius 3 is 2.91 bits per heavy atom. The van der Waals surface area contributed by atoms with Crippen molar-refractivity contribution in [1.82, 2.24) is 10.2 Å². The van der Waals surface area contributed by atoms with Gasteiger partial charge in [0.15, 0.2) is 0 Å². The van der Waals surface area contributed by atoms with Crippen molar-refractivity contribution in [2.24, 2.45) is 0 Å². The predicted octanol–water partition coefficient (Wildman–Crippen LogP) is 4.47. The third-order valence-corrected chi connectivity index (χ3v) is 6.69. The molecule has 3 aliphatic rings. The Hall–Kier alpha value is -3.16. The topological polar surface area (TPSA) is 70.7 Å². The number of rotatable bonds is 6. The summed E-state index contributed by atoms with van der Waals surface area (Å²) in [5, 5.41) is 5.90. The van der Waals surface area contributed by atoms with Crippen LogP contribution in [0.3, 0.4) is 0 Å². The summed E-state index contributed by atoms with van der Waals surface area (Å²) in [5.41, 5.74) is 2.25. The van der Waals surface area contributed by atoms with Crippen molar-refractivity contribution in [3.05, 3.63) is 76.1 Å². The van der Waals surface area contributed by atoms with Gasteiger partial charge in [-0.1, -0.05) is 23.7 Å². The number of nitrogens with zero attached hydrogens (tertiary/aromatic N) is 1. The molecule has 2 aromatic carbocycles. The fraction of sp³-hybridized carbons (Fsp3) is 0.308. The molecule has 34 heavy (non-hydrogen) atoms. The van der Waals surface area contributed by atoms with Gasteiger partial charge in [0.1, 0.15) is 17.7 Å². The molecule has 2 amide bonds. The number of amides is 2. The van der Waals surface area contributed by atoms with Gasteiger partial charge in [-0.25, -0.2) is 4.39 Å². The highest BCUT2D eigenvalue weighted by Crippen LogP contribution is 2.36. The van der Waals surface area contributed by atoms with E-state index in [0.29, 0.717) is 40.4 Å². The van der Waals surface area contributed by atoms with E-state index >= 15 is 0 Å². The lowest BCUT2D eigenvalue weighted by molar-refractivity contribution is -0.110. The van der Waals surface area contributed by atoms with Gasteiger partial charge >= 0.3 is 0 Å². The highest BCUT2D eigenvalue weighted by Gasteiger charge is 2.29. The highest BCUT2D eigenvalue weighted by molar-refractivity contribution is 6.34. The molecule has 2 N–H and O–H groups in total. The minimum Gasteiger partial charge on any atom is -0.486 e. The summed E-state index contributed by atoms with van der Waals surface area (Å²) in [6.45, 7) is 3.56. The van der Waals surface area contributed by atoms with Crippen LogP contribution in [-0.4, -0.2) is 49.0 Å². The molecular formula is C26H25ClFN3O3. The van der Waals surface area contributed by atoms with E-state index in [2.05, 4.69) is 15.5 Å². The zero-order chi connectivity index (χ0) is 23.7. The van der Waals surface area contributed by atoms with Crippen LogP contribution in [-0.2, 0) is 9.53 Å². The summed E-state index contributed by atoms with van der Waals surface area (Å²) in [7, 11) is 0. The first-order valence-electron chi connectivity index (χ1n) is 11.5. The van der Waals surface area contributed by atoms with Gasteiger partial charge in [0.05, 0.1) is 16.3 Å². The lowest BCUT2D eigenvalue weighted by Gasteiger charge is -2.15. The van der Waals surface area contributed by atoms with Crippen LogP contribution in [0, 0.1) is 5.82 Å². The number of hydrogen-bond donors (Lipinski definition) is 2. The third kappa shape index (κ3) is 4.58. The quantitative estimate of drug-likeness (QED) is 0.597. The van der Waals surface area contributed by atoms with E-state index in [1.54, 1.807) is 36.4 Å². The molecule has 0 aliphatic carbocycles. The monoisotopic (exact) mass is 481 g/mol. The number of nitrogens with one attached hydrogen (secondary N) is 2. The maximum Gasteiger partial charge on any atom is 0.256 e. The number of carbonyl (C=O) groups is 2. The number of likely N-dealkylation sites (tertiary alicyclic amines) is 1. The molecule has 0 aromatic heterocycles. The fourth-order valence-electron chi connectivity index (χ4n) is 4.58. The Labute approximate surface area is 202 Å². The third-order valence-electron chi connectivity index (χ3n) is 6.36. The standard InChI is InChI=1S/C26H25ClFN3O3/c27-21-8-6-16(14-20(21)25(32)29-10-13-31-11-1-2-12-31)23-9-7-17(34-23)15-19-18-4-3-5-22(28)24(18)30-26(19)33/h3-6,8-9,14-15,17H,1-2,7,10-13H2,(H,29,32)(H,30,33)/b19-15+. The molecule has 8 heteroatoms. The number of benzene rings is 2. The summed E-state index contributed by atoms with van der Waals surface area (Å²) in [4.78, 5) is 27.4. The molecule has 1 saturated heterocycles. The van der Waals surface area contributed by atoms with Gasteiger partial charge in [0.25, 0.3) is 11.8 Å². The van der Waals surface area contributed by atoms with Crippen LogP contribution >= 0.6 is 11.6 Å². The largest absolute Gasteiger partial charge is 0.486 e. The number of ether oxygens (including phenoxy) is 1.